The SMILES string of the molecule is Cc1cc(C#N)ccc1OCCOc1cccc(-c2ccnn2C)c1. The highest BCUT2D eigenvalue weighted by Gasteiger charge is 2.05. The molecule has 0 radical (unpaired) electrons. The van der Waals surface area contributed by atoms with Crippen LogP contribution in [0.25, 0.3) is 11.3 Å². The number of aromatic nitrogens is 2. The number of rotatable bonds is 6. The summed E-state index contributed by atoms with van der Waals surface area (Å²) in [6, 6.07) is 17.4. The highest BCUT2D eigenvalue weighted by molar-refractivity contribution is 5.61. The first-order chi connectivity index (χ1) is 12.2. The third kappa shape index (κ3) is 3.99. The van der Waals surface area contributed by atoms with Crippen LogP contribution < -0.4 is 9.47 Å². The van der Waals surface area contributed by atoms with Gasteiger partial charge in [-0.2, -0.15) is 10.4 Å². The molecule has 0 N–H and O–H groups in total. The van der Waals surface area contributed by atoms with Crippen LogP contribution in [-0.2, 0) is 7.05 Å². The summed E-state index contributed by atoms with van der Waals surface area (Å²) >= 11 is 0. The first-order valence-corrected chi connectivity index (χ1v) is 8.02. The molecule has 0 aliphatic carbocycles. The molecule has 3 aromatic rings. The molecule has 0 amide bonds. The minimum atomic E-state index is 0.433. The third-order valence-corrected chi connectivity index (χ3v) is 3.86. The summed E-state index contributed by atoms with van der Waals surface area (Å²) in [5.74, 6) is 1.56. The summed E-state index contributed by atoms with van der Waals surface area (Å²) in [5, 5.41) is 13.1. The van der Waals surface area contributed by atoms with Crippen molar-refractivity contribution in [2.75, 3.05) is 13.2 Å². The Morgan fingerprint density at radius 3 is 2.64 bits per heavy atom. The van der Waals surface area contributed by atoms with Crippen molar-refractivity contribution in [1.82, 2.24) is 9.78 Å². The molecule has 0 saturated carbocycles. The third-order valence-electron chi connectivity index (χ3n) is 3.86. The van der Waals surface area contributed by atoms with Gasteiger partial charge in [-0.15, -0.1) is 0 Å². The Labute approximate surface area is 147 Å². The van der Waals surface area contributed by atoms with Crippen LogP contribution in [0, 0.1) is 18.3 Å². The molecule has 0 fully saturated rings. The molecule has 0 saturated heterocycles. The van der Waals surface area contributed by atoms with Crippen LogP contribution in [-0.4, -0.2) is 23.0 Å². The molecule has 126 valence electrons. The van der Waals surface area contributed by atoms with Crippen LogP contribution in [0.3, 0.4) is 0 Å². The molecule has 0 spiro atoms. The minimum absolute atomic E-state index is 0.433. The van der Waals surface area contributed by atoms with Crippen LogP contribution in [0.2, 0.25) is 0 Å². The van der Waals surface area contributed by atoms with Crippen LogP contribution in [0.1, 0.15) is 11.1 Å². The summed E-state index contributed by atoms with van der Waals surface area (Å²) in [6.07, 6.45) is 1.77. The van der Waals surface area contributed by atoms with Crippen LogP contribution in [0.15, 0.2) is 54.7 Å². The highest BCUT2D eigenvalue weighted by atomic mass is 16.5. The lowest BCUT2D eigenvalue weighted by Gasteiger charge is -2.11. The van der Waals surface area contributed by atoms with E-state index in [1.165, 1.54) is 0 Å². The zero-order valence-corrected chi connectivity index (χ0v) is 14.3. The maximum atomic E-state index is 8.88. The predicted molar refractivity (Wildman–Crippen MR) is 95.5 cm³/mol. The zero-order chi connectivity index (χ0) is 17.6. The number of benzene rings is 2. The van der Waals surface area contributed by atoms with E-state index in [1.54, 1.807) is 12.3 Å². The molecule has 0 unspecified atom stereocenters. The normalized spacial score (nSPS) is 10.3. The van der Waals surface area contributed by atoms with Gasteiger partial charge in [-0.05, 0) is 48.9 Å². The average Bonchev–Trinajstić information content (AvgIpc) is 3.06. The molecule has 25 heavy (non-hydrogen) atoms. The van der Waals surface area contributed by atoms with Crippen molar-refractivity contribution >= 4 is 0 Å². The van der Waals surface area contributed by atoms with E-state index in [4.69, 9.17) is 14.7 Å². The summed E-state index contributed by atoms with van der Waals surface area (Å²) in [7, 11) is 1.91. The monoisotopic (exact) mass is 333 g/mol. The topological polar surface area (TPSA) is 60.1 Å². The van der Waals surface area contributed by atoms with Gasteiger partial charge in [0.15, 0.2) is 0 Å². The summed E-state index contributed by atoms with van der Waals surface area (Å²) < 4.78 is 13.3. The number of hydrogen-bond acceptors (Lipinski definition) is 4. The molecule has 5 heteroatoms. The fourth-order valence-electron chi connectivity index (χ4n) is 2.59. The lowest BCUT2D eigenvalue weighted by molar-refractivity contribution is 0.216. The van der Waals surface area contributed by atoms with Crippen molar-refractivity contribution in [2.45, 2.75) is 6.92 Å². The first kappa shape index (κ1) is 16.6. The number of ether oxygens (including phenoxy) is 2. The molecule has 3 rings (SSSR count). The molecule has 1 heterocycles. The van der Waals surface area contributed by atoms with Gasteiger partial charge in [-0.25, -0.2) is 0 Å². The Hall–Kier alpha value is -3.26. The van der Waals surface area contributed by atoms with Gasteiger partial charge in [-0.3, -0.25) is 4.68 Å². The molecular weight excluding hydrogens is 314 g/mol. The van der Waals surface area contributed by atoms with E-state index in [1.807, 2.05) is 61.1 Å². The quantitative estimate of drug-likeness (QED) is 0.645. The maximum absolute atomic E-state index is 8.88. The number of aryl methyl sites for hydroxylation is 2. The lowest BCUT2D eigenvalue weighted by atomic mass is 10.1. The van der Waals surface area contributed by atoms with Crippen LogP contribution >= 0.6 is 0 Å². The molecule has 1 aromatic heterocycles. The average molecular weight is 333 g/mol. The van der Waals surface area contributed by atoms with Crippen LogP contribution in [0.4, 0.5) is 0 Å². The van der Waals surface area contributed by atoms with E-state index >= 15 is 0 Å². The van der Waals surface area contributed by atoms with Crippen molar-refractivity contribution in [3.8, 4) is 28.8 Å². The van der Waals surface area contributed by atoms with Gasteiger partial charge in [-0.1, -0.05) is 12.1 Å². The lowest BCUT2D eigenvalue weighted by Crippen LogP contribution is -2.09. The Balaban J connectivity index is 1.56. The van der Waals surface area contributed by atoms with E-state index in [0.717, 1.165) is 28.3 Å². The van der Waals surface area contributed by atoms with Crippen molar-refractivity contribution in [1.29, 1.82) is 5.26 Å². The van der Waals surface area contributed by atoms with Gasteiger partial charge >= 0.3 is 0 Å². The molecule has 0 bridgehead atoms. The van der Waals surface area contributed by atoms with Gasteiger partial charge in [0, 0.05) is 18.8 Å². The zero-order valence-electron chi connectivity index (χ0n) is 14.3. The molecule has 5 nitrogen and oxygen atoms in total. The van der Waals surface area contributed by atoms with Gasteiger partial charge in [0.05, 0.1) is 17.3 Å². The van der Waals surface area contributed by atoms with E-state index in [9.17, 15) is 0 Å². The van der Waals surface area contributed by atoms with Crippen molar-refractivity contribution in [3.63, 3.8) is 0 Å². The predicted octanol–water partition coefficient (Wildman–Crippen LogP) is 3.73. The minimum Gasteiger partial charge on any atom is -0.490 e. The Kier molecular flexibility index (Phi) is 5.00. The Bertz CT molecular complexity index is 909. The fraction of sp³-hybridized carbons (Fsp3) is 0.200. The number of hydrogen-bond donors (Lipinski definition) is 0. The molecule has 0 aliphatic heterocycles. The van der Waals surface area contributed by atoms with Crippen molar-refractivity contribution < 1.29 is 9.47 Å². The number of nitrogens with zero attached hydrogens (tertiary/aromatic N) is 3. The first-order valence-electron chi connectivity index (χ1n) is 8.02. The molecule has 0 aliphatic rings. The second kappa shape index (κ2) is 7.54. The van der Waals surface area contributed by atoms with Gasteiger partial charge in [0.1, 0.15) is 24.7 Å². The molecule has 2 aromatic carbocycles. The Morgan fingerprint density at radius 1 is 1.08 bits per heavy atom. The van der Waals surface area contributed by atoms with E-state index in [2.05, 4.69) is 11.2 Å². The second-order valence-electron chi connectivity index (χ2n) is 5.66. The van der Waals surface area contributed by atoms with Gasteiger partial charge < -0.3 is 9.47 Å². The summed E-state index contributed by atoms with van der Waals surface area (Å²) in [6.45, 7) is 2.80. The maximum Gasteiger partial charge on any atom is 0.122 e. The van der Waals surface area contributed by atoms with Gasteiger partial charge in [0.25, 0.3) is 0 Å². The van der Waals surface area contributed by atoms with Crippen LogP contribution in [0.5, 0.6) is 11.5 Å². The largest absolute Gasteiger partial charge is 0.490 e. The van der Waals surface area contributed by atoms with E-state index in [-0.39, 0.29) is 0 Å². The number of nitriles is 1. The molecule has 0 atom stereocenters. The van der Waals surface area contributed by atoms with E-state index < -0.39 is 0 Å². The fourth-order valence-corrected chi connectivity index (χ4v) is 2.59. The van der Waals surface area contributed by atoms with Gasteiger partial charge in [0.2, 0.25) is 0 Å². The standard InChI is InChI=1S/C20H19N3O2/c1-15-12-16(14-21)6-7-20(15)25-11-10-24-18-5-3-4-17(13-18)19-8-9-22-23(19)2/h3-9,12-13H,10-11H2,1-2H3. The summed E-state index contributed by atoms with van der Waals surface area (Å²) in [5.41, 5.74) is 3.67. The second-order valence-corrected chi connectivity index (χ2v) is 5.66. The van der Waals surface area contributed by atoms with Crippen molar-refractivity contribution in [3.05, 3.63) is 65.9 Å². The summed E-state index contributed by atoms with van der Waals surface area (Å²) in [4.78, 5) is 0. The highest BCUT2D eigenvalue weighted by Crippen LogP contribution is 2.23. The smallest absolute Gasteiger partial charge is 0.122 e. The molecular formula is C20H19N3O2. The van der Waals surface area contributed by atoms with Crippen molar-refractivity contribution in [2.24, 2.45) is 7.05 Å². The Morgan fingerprint density at radius 2 is 1.92 bits per heavy atom. The van der Waals surface area contributed by atoms with E-state index in [0.29, 0.717) is 18.8 Å².